The highest BCUT2D eigenvalue weighted by Crippen LogP contribution is 2.28. The maximum Gasteiger partial charge on any atom is 0.244 e. The number of hydrogen-bond acceptors (Lipinski definition) is 3. The molecule has 0 bridgehead atoms. The molecule has 1 aliphatic heterocycles. The predicted molar refractivity (Wildman–Crippen MR) is 84.5 cm³/mol. The summed E-state index contributed by atoms with van der Waals surface area (Å²) in [6, 6.07) is 2.20. The van der Waals surface area contributed by atoms with E-state index >= 15 is 0 Å². The fourth-order valence-electron chi connectivity index (χ4n) is 2.70. The summed E-state index contributed by atoms with van der Waals surface area (Å²) in [5.41, 5.74) is 0.903. The van der Waals surface area contributed by atoms with Crippen LogP contribution in [0, 0.1) is 5.92 Å². The van der Waals surface area contributed by atoms with E-state index < -0.39 is 10.0 Å². The van der Waals surface area contributed by atoms with E-state index in [0.29, 0.717) is 29.9 Å². The quantitative estimate of drug-likeness (QED) is 0.877. The number of aromatic nitrogens is 1. The van der Waals surface area contributed by atoms with Crippen molar-refractivity contribution < 1.29 is 8.42 Å². The van der Waals surface area contributed by atoms with Gasteiger partial charge in [-0.1, -0.05) is 20.8 Å². The minimum Gasteiger partial charge on any atom is -0.363 e. The van der Waals surface area contributed by atoms with Crippen LogP contribution in [0.2, 0.25) is 0 Å². The lowest BCUT2D eigenvalue weighted by Gasteiger charge is -2.35. The van der Waals surface area contributed by atoms with Crippen molar-refractivity contribution >= 4 is 10.0 Å². The molecular weight excluding hydrogens is 286 g/mol. The average Bonchev–Trinajstić information content (AvgIpc) is 2.88. The number of aromatic amines is 1. The number of H-pyrrole nitrogens is 1. The molecule has 0 amide bonds. The third-order valence-corrected chi connectivity index (χ3v) is 6.04. The van der Waals surface area contributed by atoms with Crippen LogP contribution in [0.3, 0.4) is 0 Å². The molecule has 2 N–H and O–H groups in total. The van der Waals surface area contributed by atoms with Gasteiger partial charge in [-0.3, -0.25) is 0 Å². The Morgan fingerprint density at radius 1 is 1.38 bits per heavy atom. The Labute approximate surface area is 128 Å². The average molecular weight is 313 g/mol. The van der Waals surface area contributed by atoms with Gasteiger partial charge in [0.1, 0.15) is 0 Å². The second-order valence-corrected chi connectivity index (χ2v) is 8.39. The molecule has 2 unspecified atom stereocenters. The highest BCUT2D eigenvalue weighted by atomic mass is 32.2. The third kappa shape index (κ3) is 3.87. The molecule has 1 saturated heterocycles. The molecule has 0 saturated carbocycles. The Hall–Kier alpha value is -0.850. The Bertz CT molecular complexity index is 565. The van der Waals surface area contributed by atoms with Gasteiger partial charge in [-0.05, 0) is 31.7 Å². The zero-order valence-electron chi connectivity index (χ0n) is 13.4. The summed E-state index contributed by atoms with van der Waals surface area (Å²) >= 11 is 0. The first-order valence-electron chi connectivity index (χ1n) is 7.73. The van der Waals surface area contributed by atoms with Gasteiger partial charge < -0.3 is 10.3 Å². The second-order valence-electron chi connectivity index (χ2n) is 6.50. The molecule has 0 radical (unpaired) electrons. The van der Waals surface area contributed by atoms with Crippen LogP contribution in [0.1, 0.15) is 46.2 Å². The predicted octanol–water partition coefficient (Wildman–Crippen LogP) is 2.32. The van der Waals surface area contributed by atoms with Gasteiger partial charge in [0, 0.05) is 37.1 Å². The zero-order chi connectivity index (χ0) is 15.6. The van der Waals surface area contributed by atoms with E-state index in [0.717, 1.165) is 18.5 Å². The summed E-state index contributed by atoms with van der Waals surface area (Å²) in [4.78, 5) is 3.44. The molecule has 2 heterocycles. The fourth-order valence-corrected chi connectivity index (χ4v) is 4.50. The zero-order valence-corrected chi connectivity index (χ0v) is 14.2. The standard InChI is InChI=1S/C15H27N3O2S/c1-11(2)16-8-14-7-15(9-17-14)21(19,20)18-10-12(3)5-6-13(18)4/h7,9,11-13,16-17H,5-6,8,10H2,1-4H3. The van der Waals surface area contributed by atoms with E-state index in [1.54, 1.807) is 16.6 Å². The fraction of sp³-hybridized carbons (Fsp3) is 0.733. The number of nitrogens with zero attached hydrogens (tertiary/aromatic N) is 1. The topological polar surface area (TPSA) is 65.2 Å². The molecule has 1 fully saturated rings. The van der Waals surface area contributed by atoms with E-state index in [9.17, 15) is 8.42 Å². The van der Waals surface area contributed by atoms with E-state index in [1.807, 2.05) is 6.92 Å². The van der Waals surface area contributed by atoms with Gasteiger partial charge in [0.05, 0.1) is 4.90 Å². The van der Waals surface area contributed by atoms with Crippen molar-refractivity contribution in [3.05, 3.63) is 18.0 Å². The van der Waals surface area contributed by atoms with Crippen molar-refractivity contribution in [2.45, 2.75) is 64.1 Å². The molecule has 1 aromatic rings. The van der Waals surface area contributed by atoms with E-state index in [4.69, 9.17) is 0 Å². The van der Waals surface area contributed by atoms with Gasteiger partial charge in [0.15, 0.2) is 0 Å². The monoisotopic (exact) mass is 313 g/mol. The molecule has 0 spiro atoms. The lowest BCUT2D eigenvalue weighted by molar-refractivity contribution is 0.218. The molecule has 0 aliphatic carbocycles. The van der Waals surface area contributed by atoms with Crippen molar-refractivity contribution in [3.63, 3.8) is 0 Å². The first kappa shape index (κ1) is 16.5. The van der Waals surface area contributed by atoms with Gasteiger partial charge in [0.2, 0.25) is 10.0 Å². The number of nitrogens with one attached hydrogen (secondary N) is 2. The van der Waals surface area contributed by atoms with Crippen LogP contribution >= 0.6 is 0 Å². The first-order chi connectivity index (χ1) is 9.80. The van der Waals surface area contributed by atoms with Gasteiger partial charge in [-0.15, -0.1) is 0 Å². The van der Waals surface area contributed by atoms with Crippen LogP contribution in [-0.4, -0.2) is 36.3 Å². The normalized spacial score (nSPS) is 24.6. The van der Waals surface area contributed by atoms with Gasteiger partial charge in [-0.25, -0.2) is 8.42 Å². The number of rotatable bonds is 5. The second kappa shape index (κ2) is 6.50. The van der Waals surface area contributed by atoms with Crippen molar-refractivity contribution in [3.8, 4) is 0 Å². The lowest BCUT2D eigenvalue weighted by Crippen LogP contribution is -2.44. The van der Waals surface area contributed by atoms with Gasteiger partial charge >= 0.3 is 0 Å². The van der Waals surface area contributed by atoms with Crippen molar-refractivity contribution in [2.24, 2.45) is 5.92 Å². The summed E-state index contributed by atoms with van der Waals surface area (Å²) in [6.07, 6.45) is 3.65. The van der Waals surface area contributed by atoms with Crippen LogP contribution in [0.25, 0.3) is 0 Å². The minimum absolute atomic E-state index is 0.0818. The minimum atomic E-state index is -3.39. The molecule has 120 valence electrons. The number of piperidine rings is 1. The van der Waals surface area contributed by atoms with Crippen molar-refractivity contribution in [1.29, 1.82) is 0 Å². The number of hydrogen-bond donors (Lipinski definition) is 2. The number of sulfonamides is 1. The summed E-state index contributed by atoms with van der Waals surface area (Å²) in [5, 5.41) is 3.28. The van der Waals surface area contributed by atoms with Crippen LogP contribution in [0.5, 0.6) is 0 Å². The van der Waals surface area contributed by atoms with Crippen LogP contribution < -0.4 is 5.32 Å². The maximum absolute atomic E-state index is 12.8. The summed E-state index contributed by atoms with van der Waals surface area (Å²) in [7, 11) is -3.39. The lowest BCUT2D eigenvalue weighted by atomic mass is 9.97. The first-order valence-corrected chi connectivity index (χ1v) is 9.17. The van der Waals surface area contributed by atoms with Crippen molar-refractivity contribution in [2.75, 3.05) is 6.54 Å². The molecule has 2 atom stereocenters. The van der Waals surface area contributed by atoms with Gasteiger partial charge in [0.25, 0.3) is 0 Å². The Morgan fingerprint density at radius 3 is 2.76 bits per heavy atom. The third-order valence-electron chi connectivity index (χ3n) is 4.08. The van der Waals surface area contributed by atoms with Crippen LogP contribution in [0.4, 0.5) is 0 Å². The van der Waals surface area contributed by atoms with E-state index in [1.165, 1.54) is 0 Å². The molecular formula is C15H27N3O2S. The molecule has 0 aromatic carbocycles. The van der Waals surface area contributed by atoms with Crippen LogP contribution in [0.15, 0.2) is 17.2 Å². The Morgan fingerprint density at radius 2 is 2.10 bits per heavy atom. The SMILES string of the molecule is CC1CCC(C)N(S(=O)(=O)c2c[nH]c(CNC(C)C)c2)C1. The van der Waals surface area contributed by atoms with Gasteiger partial charge in [-0.2, -0.15) is 4.31 Å². The smallest absolute Gasteiger partial charge is 0.244 e. The highest BCUT2D eigenvalue weighted by Gasteiger charge is 2.33. The maximum atomic E-state index is 12.8. The molecule has 2 rings (SSSR count). The summed E-state index contributed by atoms with van der Waals surface area (Å²) in [6.45, 7) is 9.52. The largest absolute Gasteiger partial charge is 0.363 e. The highest BCUT2D eigenvalue weighted by molar-refractivity contribution is 7.89. The Kier molecular flexibility index (Phi) is 5.11. The molecule has 6 heteroatoms. The van der Waals surface area contributed by atoms with Crippen LogP contribution in [-0.2, 0) is 16.6 Å². The molecule has 21 heavy (non-hydrogen) atoms. The summed E-state index contributed by atoms with van der Waals surface area (Å²) in [5.74, 6) is 0.428. The van der Waals surface area contributed by atoms with Crippen molar-refractivity contribution in [1.82, 2.24) is 14.6 Å². The van der Waals surface area contributed by atoms with E-state index in [-0.39, 0.29) is 6.04 Å². The van der Waals surface area contributed by atoms with E-state index in [2.05, 4.69) is 31.1 Å². The molecule has 1 aromatic heterocycles. The summed E-state index contributed by atoms with van der Waals surface area (Å²) < 4.78 is 27.2. The molecule has 1 aliphatic rings. The Balaban J connectivity index is 2.15. The molecule has 5 nitrogen and oxygen atoms in total.